The van der Waals surface area contributed by atoms with Gasteiger partial charge in [-0.3, -0.25) is 19.4 Å². The van der Waals surface area contributed by atoms with Crippen molar-refractivity contribution < 1.29 is 29.4 Å². The molecule has 230 valence electrons. The molecule has 0 saturated heterocycles. The van der Waals surface area contributed by atoms with E-state index in [1.54, 1.807) is 12.1 Å². The lowest BCUT2D eigenvalue weighted by atomic mass is 10.0. The van der Waals surface area contributed by atoms with Crippen molar-refractivity contribution in [1.82, 2.24) is 16.0 Å². The van der Waals surface area contributed by atoms with E-state index in [0.717, 1.165) is 0 Å². The van der Waals surface area contributed by atoms with Crippen LogP contribution in [0.2, 0.25) is 0 Å². The number of hydrogen-bond donors (Lipinski definition) is 9. The molecular formula is C26H44N8O6S. The molecule has 13 N–H and O–H groups in total. The molecule has 15 heteroatoms. The molecule has 41 heavy (non-hydrogen) atoms. The van der Waals surface area contributed by atoms with Crippen LogP contribution >= 0.6 is 11.8 Å². The molecule has 0 spiro atoms. The van der Waals surface area contributed by atoms with Crippen molar-refractivity contribution in [2.75, 3.05) is 25.1 Å². The lowest BCUT2D eigenvalue weighted by Gasteiger charge is -2.25. The number of aromatic hydroxyl groups is 1. The highest BCUT2D eigenvalue weighted by atomic mass is 32.2. The zero-order valence-corrected chi connectivity index (χ0v) is 24.2. The summed E-state index contributed by atoms with van der Waals surface area (Å²) >= 11 is 1.48. The second kappa shape index (κ2) is 19.5. The van der Waals surface area contributed by atoms with E-state index >= 15 is 0 Å². The molecule has 4 atom stereocenters. The lowest BCUT2D eigenvalue weighted by Crippen LogP contribution is -2.57. The predicted molar refractivity (Wildman–Crippen MR) is 159 cm³/mol. The number of aliphatic imine (C=N–C) groups is 1. The molecule has 3 amide bonds. The average Bonchev–Trinajstić information content (AvgIpc) is 2.92. The number of phenols is 1. The van der Waals surface area contributed by atoms with Crippen LogP contribution in [0.1, 0.15) is 44.1 Å². The van der Waals surface area contributed by atoms with Crippen LogP contribution in [0.3, 0.4) is 0 Å². The Morgan fingerprint density at radius 3 is 2.02 bits per heavy atom. The largest absolute Gasteiger partial charge is 0.508 e. The number of amides is 3. The second-order valence-corrected chi connectivity index (χ2v) is 10.5. The number of aliphatic carboxylic acids is 1. The van der Waals surface area contributed by atoms with Gasteiger partial charge in [0.15, 0.2) is 5.96 Å². The summed E-state index contributed by atoms with van der Waals surface area (Å²) in [4.78, 5) is 54.9. The van der Waals surface area contributed by atoms with Crippen molar-refractivity contribution in [3.63, 3.8) is 0 Å². The van der Waals surface area contributed by atoms with Crippen molar-refractivity contribution in [2.45, 2.75) is 69.1 Å². The number of carboxylic acids is 1. The minimum absolute atomic E-state index is 0.0295. The van der Waals surface area contributed by atoms with Gasteiger partial charge in [0.2, 0.25) is 17.7 Å². The van der Waals surface area contributed by atoms with Crippen LogP contribution in [-0.2, 0) is 25.6 Å². The van der Waals surface area contributed by atoms with Gasteiger partial charge in [0.05, 0.1) is 6.04 Å². The van der Waals surface area contributed by atoms with E-state index in [0.29, 0.717) is 50.1 Å². The second-order valence-electron chi connectivity index (χ2n) is 9.51. The summed E-state index contributed by atoms with van der Waals surface area (Å²) in [5.41, 5.74) is 22.8. The zero-order valence-electron chi connectivity index (χ0n) is 23.4. The number of unbranched alkanes of at least 4 members (excludes halogenated alkanes) is 1. The number of guanidine groups is 1. The van der Waals surface area contributed by atoms with Crippen LogP contribution in [0.4, 0.5) is 0 Å². The fraction of sp³-hybridized carbons (Fsp3) is 0.577. The molecule has 14 nitrogen and oxygen atoms in total. The standard InChI is InChI=1S/C26H44N8O6S/c1-41-14-11-20(32-22(36)18(28)5-4-13-31-26(29)30)24(38)33-19(6-2-3-12-27)23(37)34-21(25(39)40)15-16-7-9-17(35)10-8-16/h7-10,18-21,35H,2-6,11-15,27-28H2,1H3,(H,32,36)(H,33,38)(H,34,37)(H,39,40)(H4,29,30,31). The number of rotatable bonds is 20. The Balaban J connectivity index is 2.95. The van der Waals surface area contributed by atoms with E-state index in [1.807, 2.05) is 6.26 Å². The number of phenolic OH excluding ortho intramolecular Hbond substituents is 1. The fourth-order valence-electron chi connectivity index (χ4n) is 3.81. The maximum atomic E-state index is 13.3. The number of thioether (sulfide) groups is 1. The summed E-state index contributed by atoms with van der Waals surface area (Å²) in [7, 11) is 0. The number of nitrogens with two attached hydrogens (primary N) is 4. The highest BCUT2D eigenvalue weighted by Gasteiger charge is 2.30. The fourth-order valence-corrected chi connectivity index (χ4v) is 4.28. The van der Waals surface area contributed by atoms with Gasteiger partial charge in [0, 0.05) is 13.0 Å². The van der Waals surface area contributed by atoms with E-state index in [-0.39, 0.29) is 31.0 Å². The molecular weight excluding hydrogens is 552 g/mol. The zero-order chi connectivity index (χ0) is 30.8. The Hall–Kier alpha value is -3.56. The van der Waals surface area contributed by atoms with Gasteiger partial charge < -0.3 is 49.1 Å². The van der Waals surface area contributed by atoms with Crippen molar-refractivity contribution in [3.8, 4) is 5.75 Å². The SMILES string of the molecule is CSCCC(NC(=O)C(N)CCCN=C(N)N)C(=O)NC(CCCCN)C(=O)NC(Cc1ccc(O)cc1)C(=O)O. The molecule has 1 rings (SSSR count). The van der Waals surface area contributed by atoms with E-state index in [1.165, 1.54) is 23.9 Å². The minimum atomic E-state index is -1.27. The van der Waals surface area contributed by atoms with E-state index in [2.05, 4.69) is 20.9 Å². The van der Waals surface area contributed by atoms with Gasteiger partial charge in [0.1, 0.15) is 23.9 Å². The first-order valence-electron chi connectivity index (χ1n) is 13.4. The van der Waals surface area contributed by atoms with Crippen LogP contribution in [0.15, 0.2) is 29.3 Å². The Labute approximate surface area is 244 Å². The molecule has 0 saturated carbocycles. The number of carbonyl (C=O) groups excluding carboxylic acids is 3. The van der Waals surface area contributed by atoms with Gasteiger partial charge in [-0.05, 0) is 74.8 Å². The van der Waals surface area contributed by atoms with Gasteiger partial charge in [-0.2, -0.15) is 11.8 Å². The van der Waals surface area contributed by atoms with Crippen molar-refractivity contribution >= 4 is 41.4 Å². The number of nitrogens with zero attached hydrogens (tertiary/aromatic N) is 1. The Bertz CT molecular complexity index is 1010. The van der Waals surface area contributed by atoms with Crippen LogP contribution < -0.4 is 38.9 Å². The van der Waals surface area contributed by atoms with Crippen molar-refractivity contribution in [1.29, 1.82) is 0 Å². The molecule has 0 aliphatic carbocycles. The van der Waals surface area contributed by atoms with Crippen LogP contribution in [-0.4, -0.2) is 89.1 Å². The minimum Gasteiger partial charge on any atom is -0.508 e. The molecule has 0 fully saturated rings. The maximum Gasteiger partial charge on any atom is 0.326 e. The molecule has 1 aromatic rings. The molecule has 0 aliphatic heterocycles. The van der Waals surface area contributed by atoms with Gasteiger partial charge in [-0.25, -0.2) is 4.79 Å². The molecule has 1 aromatic carbocycles. The molecule has 0 aliphatic rings. The topological polar surface area (TPSA) is 261 Å². The van der Waals surface area contributed by atoms with E-state index in [4.69, 9.17) is 22.9 Å². The summed E-state index contributed by atoms with van der Waals surface area (Å²) in [6, 6.07) is 1.77. The Morgan fingerprint density at radius 2 is 1.46 bits per heavy atom. The van der Waals surface area contributed by atoms with Gasteiger partial charge in [-0.15, -0.1) is 0 Å². The van der Waals surface area contributed by atoms with Crippen LogP contribution in [0.25, 0.3) is 0 Å². The lowest BCUT2D eigenvalue weighted by molar-refractivity contribution is -0.142. The number of carboxylic acid groups (broad SMARTS) is 1. The molecule has 0 heterocycles. The Morgan fingerprint density at radius 1 is 0.878 bits per heavy atom. The average molecular weight is 597 g/mol. The normalized spacial score (nSPS) is 13.7. The summed E-state index contributed by atoms with van der Waals surface area (Å²) in [6.07, 6.45) is 4.19. The number of benzene rings is 1. The predicted octanol–water partition coefficient (Wildman–Crippen LogP) is -1.26. The highest BCUT2D eigenvalue weighted by Crippen LogP contribution is 2.12. The number of nitrogens with one attached hydrogen (secondary N) is 3. The third kappa shape index (κ3) is 14.6. The summed E-state index contributed by atoms with van der Waals surface area (Å²) in [5.74, 6) is -2.52. The number of hydrogen-bond acceptors (Lipinski definition) is 9. The smallest absolute Gasteiger partial charge is 0.326 e. The molecule has 4 unspecified atom stereocenters. The van der Waals surface area contributed by atoms with Crippen molar-refractivity contribution in [3.05, 3.63) is 29.8 Å². The summed E-state index contributed by atoms with van der Waals surface area (Å²) in [5, 5.41) is 27.0. The quantitative estimate of drug-likeness (QED) is 0.0487. The molecule has 0 aromatic heterocycles. The monoisotopic (exact) mass is 596 g/mol. The third-order valence-electron chi connectivity index (χ3n) is 6.12. The maximum absolute atomic E-state index is 13.3. The molecule has 0 bridgehead atoms. The Kier molecular flexibility index (Phi) is 16.9. The van der Waals surface area contributed by atoms with Crippen molar-refractivity contribution in [2.24, 2.45) is 27.9 Å². The number of carbonyl (C=O) groups is 4. The van der Waals surface area contributed by atoms with Crippen LogP contribution in [0, 0.1) is 0 Å². The van der Waals surface area contributed by atoms with Gasteiger partial charge in [0.25, 0.3) is 0 Å². The van der Waals surface area contributed by atoms with E-state index in [9.17, 15) is 29.4 Å². The summed E-state index contributed by atoms with van der Waals surface area (Å²) in [6.45, 7) is 0.692. The highest BCUT2D eigenvalue weighted by molar-refractivity contribution is 7.98. The first-order valence-corrected chi connectivity index (χ1v) is 14.8. The van der Waals surface area contributed by atoms with E-state index < -0.39 is 47.9 Å². The van der Waals surface area contributed by atoms with Crippen LogP contribution in [0.5, 0.6) is 5.75 Å². The van der Waals surface area contributed by atoms with Gasteiger partial charge in [-0.1, -0.05) is 12.1 Å². The van der Waals surface area contributed by atoms with Gasteiger partial charge >= 0.3 is 5.97 Å². The first-order chi connectivity index (χ1) is 19.5. The first kappa shape index (κ1) is 35.5. The summed E-state index contributed by atoms with van der Waals surface area (Å²) < 4.78 is 0. The third-order valence-corrected chi connectivity index (χ3v) is 6.76. The molecule has 0 radical (unpaired) electrons.